The van der Waals surface area contributed by atoms with E-state index in [0.717, 1.165) is 25.7 Å². The number of unbranched alkanes of at least 4 members (excludes halogenated alkanes) is 6. The standard InChI is InChI=1S/C23H33N3O5/c1-5-6-7-8-9-10-11-12-13-22(27)31-17-18-16-26(25-24-18)19-14-20(28-2)23(30-4)21(15-19)29-3/h5,14-16H,1,6-13,17H2,2-4H3. The second-order valence-electron chi connectivity index (χ2n) is 7.15. The number of aromatic nitrogens is 3. The molecule has 1 heterocycles. The first-order chi connectivity index (χ1) is 15.1. The molecular weight excluding hydrogens is 398 g/mol. The van der Waals surface area contributed by atoms with Gasteiger partial charge in [0.2, 0.25) is 5.75 Å². The Balaban J connectivity index is 1.80. The van der Waals surface area contributed by atoms with Crippen LogP contribution in [0.4, 0.5) is 0 Å². The smallest absolute Gasteiger partial charge is 0.306 e. The van der Waals surface area contributed by atoms with Gasteiger partial charge in [-0.05, 0) is 19.3 Å². The van der Waals surface area contributed by atoms with Gasteiger partial charge in [-0.1, -0.05) is 37.0 Å². The second-order valence-corrected chi connectivity index (χ2v) is 7.15. The number of methoxy groups -OCH3 is 3. The lowest BCUT2D eigenvalue weighted by molar-refractivity contribution is -0.145. The first-order valence-corrected chi connectivity index (χ1v) is 10.6. The highest BCUT2D eigenvalue weighted by Crippen LogP contribution is 2.39. The number of nitrogens with zero attached hydrogens (tertiary/aromatic N) is 3. The van der Waals surface area contributed by atoms with Crippen LogP contribution >= 0.6 is 0 Å². The van der Waals surface area contributed by atoms with E-state index >= 15 is 0 Å². The Morgan fingerprint density at radius 2 is 1.65 bits per heavy atom. The summed E-state index contributed by atoms with van der Waals surface area (Å²) in [6.45, 7) is 3.82. The fourth-order valence-corrected chi connectivity index (χ4v) is 3.18. The van der Waals surface area contributed by atoms with Crippen LogP contribution in [0.15, 0.2) is 31.0 Å². The van der Waals surface area contributed by atoms with Crippen molar-refractivity contribution in [1.29, 1.82) is 0 Å². The molecule has 8 heteroatoms. The van der Waals surface area contributed by atoms with Crippen molar-refractivity contribution < 1.29 is 23.7 Å². The molecule has 0 atom stereocenters. The van der Waals surface area contributed by atoms with Gasteiger partial charge in [0.1, 0.15) is 12.3 Å². The van der Waals surface area contributed by atoms with Gasteiger partial charge in [-0.3, -0.25) is 4.79 Å². The minimum Gasteiger partial charge on any atom is -0.493 e. The Bertz CT molecular complexity index is 809. The average molecular weight is 432 g/mol. The highest BCUT2D eigenvalue weighted by molar-refractivity contribution is 5.69. The zero-order valence-corrected chi connectivity index (χ0v) is 18.8. The van der Waals surface area contributed by atoms with E-state index in [9.17, 15) is 4.79 Å². The Labute approximate surface area is 184 Å². The molecule has 0 aliphatic rings. The molecule has 0 aliphatic carbocycles. The third-order valence-electron chi connectivity index (χ3n) is 4.88. The summed E-state index contributed by atoms with van der Waals surface area (Å²) in [6.07, 6.45) is 11.8. The molecule has 0 N–H and O–H groups in total. The quantitative estimate of drug-likeness (QED) is 0.231. The van der Waals surface area contributed by atoms with E-state index in [1.54, 1.807) is 44.3 Å². The SMILES string of the molecule is C=CCCCCCCCCC(=O)OCc1cn(-c2cc(OC)c(OC)c(OC)c2)nn1. The van der Waals surface area contributed by atoms with Crippen LogP contribution < -0.4 is 14.2 Å². The maximum Gasteiger partial charge on any atom is 0.306 e. The molecule has 170 valence electrons. The maximum absolute atomic E-state index is 12.0. The zero-order chi connectivity index (χ0) is 22.5. The highest BCUT2D eigenvalue weighted by atomic mass is 16.5. The van der Waals surface area contributed by atoms with Gasteiger partial charge in [-0.2, -0.15) is 0 Å². The molecule has 0 saturated heterocycles. The van der Waals surface area contributed by atoms with Crippen molar-refractivity contribution >= 4 is 5.97 Å². The molecule has 8 nitrogen and oxygen atoms in total. The molecule has 0 amide bonds. The number of rotatable bonds is 15. The van der Waals surface area contributed by atoms with E-state index in [0.29, 0.717) is 35.1 Å². The van der Waals surface area contributed by atoms with Gasteiger partial charge in [-0.15, -0.1) is 11.7 Å². The van der Waals surface area contributed by atoms with E-state index < -0.39 is 0 Å². The summed E-state index contributed by atoms with van der Waals surface area (Å²) >= 11 is 0. The van der Waals surface area contributed by atoms with Crippen LogP contribution in [0.3, 0.4) is 0 Å². The summed E-state index contributed by atoms with van der Waals surface area (Å²) in [5, 5.41) is 8.18. The van der Waals surface area contributed by atoms with Crippen LogP contribution in [0.1, 0.15) is 57.1 Å². The van der Waals surface area contributed by atoms with Gasteiger partial charge >= 0.3 is 5.97 Å². The topological polar surface area (TPSA) is 84.7 Å². The number of allylic oxidation sites excluding steroid dienone is 1. The van der Waals surface area contributed by atoms with Crippen LogP contribution in [0.2, 0.25) is 0 Å². The van der Waals surface area contributed by atoms with Crippen molar-refractivity contribution in [3.8, 4) is 22.9 Å². The van der Waals surface area contributed by atoms with Gasteiger partial charge in [0, 0.05) is 18.6 Å². The molecule has 31 heavy (non-hydrogen) atoms. The second kappa shape index (κ2) is 13.3. The molecule has 0 aliphatic heterocycles. The van der Waals surface area contributed by atoms with E-state index in [1.165, 1.54) is 19.3 Å². The number of hydrogen-bond donors (Lipinski definition) is 0. The third-order valence-corrected chi connectivity index (χ3v) is 4.88. The number of carbonyl (C=O) groups is 1. The summed E-state index contributed by atoms with van der Waals surface area (Å²) in [5.74, 6) is 1.32. The Morgan fingerprint density at radius 1 is 1.00 bits per heavy atom. The van der Waals surface area contributed by atoms with Gasteiger partial charge in [0.25, 0.3) is 0 Å². The van der Waals surface area contributed by atoms with Crippen LogP contribution in [0.25, 0.3) is 5.69 Å². The maximum atomic E-state index is 12.0. The van der Waals surface area contributed by atoms with Gasteiger partial charge in [0.15, 0.2) is 11.5 Å². The average Bonchev–Trinajstić information content (AvgIpc) is 3.27. The number of benzene rings is 1. The van der Waals surface area contributed by atoms with Gasteiger partial charge in [0.05, 0.1) is 33.2 Å². The summed E-state index contributed by atoms with van der Waals surface area (Å²) in [5.41, 5.74) is 1.25. The fraction of sp³-hybridized carbons (Fsp3) is 0.522. The van der Waals surface area contributed by atoms with E-state index in [-0.39, 0.29) is 12.6 Å². The lowest BCUT2D eigenvalue weighted by atomic mass is 10.1. The molecule has 2 rings (SSSR count). The van der Waals surface area contributed by atoms with Crippen molar-refractivity contribution in [2.45, 2.75) is 58.0 Å². The monoisotopic (exact) mass is 431 g/mol. The Hall–Kier alpha value is -3.03. The van der Waals surface area contributed by atoms with E-state index in [4.69, 9.17) is 18.9 Å². The van der Waals surface area contributed by atoms with Gasteiger partial charge < -0.3 is 18.9 Å². The summed E-state index contributed by atoms with van der Waals surface area (Å²) in [4.78, 5) is 12.0. The van der Waals surface area contributed by atoms with Crippen LogP contribution in [0, 0.1) is 0 Å². The van der Waals surface area contributed by atoms with E-state index in [1.807, 2.05) is 6.08 Å². The van der Waals surface area contributed by atoms with Crippen molar-refractivity contribution in [1.82, 2.24) is 15.0 Å². The largest absolute Gasteiger partial charge is 0.493 e. The summed E-state index contributed by atoms with van der Waals surface area (Å²) in [7, 11) is 4.65. The first kappa shape index (κ1) is 24.2. The van der Waals surface area contributed by atoms with Crippen molar-refractivity contribution in [3.05, 3.63) is 36.7 Å². The number of carbonyl (C=O) groups excluding carboxylic acids is 1. The molecule has 0 bridgehead atoms. The van der Waals surface area contributed by atoms with E-state index in [2.05, 4.69) is 16.9 Å². The zero-order valence-electron chi connectivity index (χ0n) is 18.8. The number of esters is 1. The summed E-state index contributed by atoms with van der Waals surface area (Å²) < 4.78 is 23.0. The van der Waals surface area contributed by atoms with Crippen LogP contribution in [-0.2, 0) is 16.1 Å². The molecule has 0 fully saturated rings. The van der Waals surface area contributed by atoms with Gasteiger partial charge in [-0.25, -0.2) is 4.68 Å². The van der Waals surface area contributed by atoms with Crippen molar-refractivity contribution in [3.63, 3.8) is 0 Å². The van der Waals surface area contributed by atoms with Crippen LogP contribution in [-0.4, -0.2) is 42.3 Å². The minimum absolute atomic E-state index is 0.0881. The molecule has 2 aromatic rings. The predicted molar refractivity (Wildman–Crippen MR) is 118 cm³/mol. The summed E-state index contributed by atoms with van der Waals surface area (Å²) in [6, 6.07) is 3.53. The molecular formula is C23H33N3O5. The fourth-order valence-electron chi connectivity index (χ4n) is 3.18. The predicted octanol–water partition coefficient (Wildman–Crippen LogP) is 4.64. The number of ether oxygens (including phenoxy) is 4. The normalized spacial score (nSPS) is 10.5. The Kier molecular flexibility index (Phi) is 10.4. The first-order valence-electron chi connectivity index (χ1n) is 10.6. The lowest BCUT2D eigenvalue weighted by Gasteiger charge is -2.13. The molecule has 0 saturated carbocycles. The molecule has 1 aromatic heterocycles. The van der Waals surface area contributed by atoms with Crippen molar-refractivity contribution in [2.24, 2.45) is 0 Å². The van der Waals surface area contributed by atoms with Crippen LogP contribution in [0.5, 0.6) is 17.2 Å². The number of hydrogen-bond acceptors (Lipinski definition) is 7. The molecule has 0 radical (unpaired) electrons. The molecule has 0 unspecified atom stereocenters. The Morgan fingerprint density at radius 3 is 2.26 bits per heavy atom. The highest BCUT2D eigenvalue weighted by Gasteiger charge is 2.15. The molecule has 1 aromatic carbocycles. The van der Waals surface area contributed by atoms with Crippen molar-refractivity contribution in [2.75, 3.05) is 21.3 Å². The minimum atomic E-state index is -0.214. The third kappa shape index (κ3) is 7.62. The lowest BCUT2D eigenvalue weighted by Crippen LogP contribution is -2.04. The molecule has 0 spiro atoms.